The second-order valence-electron chi connectivity index (χ2n) is 15.2. The van der Waals surface area contributed by atoms with Gasteiger partial charge in [-0.2, -0.15) is 0 Å². The van der Waals surface area contributed by atoms with Crippen molar-refractivity contribution >= 4 is 59.8 Å². The largest absolute Gasteiger partial charge is 0.485 e. The first-order valence-electron chi connectivity index (χ1n) is 19.4. The Morgan fingerprint density at radius 2 is 1.07 bits per heavy atom. The minimum absolute atomic E-state index is 0.0466. The molecule has 10 aromatic rings. The molecule has 0 spiro atoms. The fourth-order valence-corrected chi connectivity index (χ4v) is 9.14. The minimum Gasteiger partial charge on any atom is -0.485 e. The van der Waals surface area contributed by atoms with Crippen molar-refractivity contribution in [3.63, 3.8) is 0 Å². The molecule has 2 aliphatic rings. The lowest BCUT2D eigenvalue weighted by atomic mass is 9.85. The average molecular weight is 715 g/mol. The standard InChI is InChI=1S/C54H34O2/c1-2-9-33(10-3-1)35-17-18-37-26-38(20-19-36(37)25-35)40-22-24-52-48(29-40)50-32-53-49(31-54(50)56-52)47-28-39(21-23-51(47)55-53)34-12-8-13-41(27-34)46-30-42-11-4-5-14-43(42)44-15-6-7-16-45(44)46/h1-32,47,51H. The van der Waals surface area contributed by atoms with Crippen LogP contribution in [0, 0.1) is 0 Å². The van der Waals surface area contributed by atoms with Gasteiger partial charge in [0.15, 0.2) is 0 Å². The normalized spacial score (nSPS) is 16.0. The van der Waals surface area contributed by atoms with Crippen LogP contribution in [0.1, 0.15) is 17.0 Å². The molecule has 2 nitrogen and oxygen atoms in total. The Kier molecular flexibility index (Phi) is 6.79. The number of hydrogen-bond donors (Lipinski definition) is 0. The zero-order chi connectivity index (χ0) is 36.7. The summed E-state index contributed by atoms with van der Waals surface area (Å²) in [7, 11) is 0. The molecule has 2 heterocycles. The van der Waals surface area contributed by atoms with Crippen LogP contribution in [0.15, 0.2) is 199 Å². The number of allylic oxidation sites excluding steroid dienone is 2. The van der Waals surface area contributed by atoms with E-state index in [0.29, 0.717) is 0 Å². The molecule has 0 N–H and O–H groups in total. The van der Waals surface area contributed by atoms with Crippen LogP contribution in [-0.2, 0) is 0 Å². The van der Waals surface area contributed by atoms with E-state index >= 15 is 0 Å². The molecule has 1 aliphatic carbocycles. The third-order valence-electron chi connectivity index (χ3n) is 12.0. The zero-order valence-corrected chi connectivity index (χ0v) is 30.4. The van der Waals surface area contributed by atoms with E-state index in [1.54, 1.807) is 0 Å². The number of fused-ring (bicyclic) bond motifs is 10. The number of hydrogen-bond acceptors (Lipinski definition) is 2. The molecule has 56 heavy (non-hydrogen) atoms. The van der Waals surface area contributed by atoms with Gasteiger partial charge in [-0.1, -0.05) is 140 Å². The van der Waals surface area contributed by atoms with E-state index in [4.69, 9.17) is 9.15 Å². The molecular formula is C54H34O2. The zero-order valence-electron chi connectivity index (χ0n) is 30.4. The molecule has 2 heteroatoms. The molecule has 0 bridgehead atoms. The fourth-order valence-electron chi connectivity index (χ4n) is 9.14. The predicted octanol–water partition coefficient (Wildman–Crippen LogP) is 14.5. The first-order valence-corrected chi connectivity index (χ1v) is 19.4. The third kappa shape index (κ3) is 4.96. The maximum Gasteiger partial charge on any atom is 0.135 e. The Hall–Kier alpha value is -7.16. The number of benzene rings is 9. The van der Waals surface area contributed by atoms with Gasteiger partial charge in [0.05, 0.1) is 0 Å². The minimum atomic E-state index is -0.0466. The van der Waals surface area contributed by atoms with E-state index in [1.165, 1.54) is 82.4 Å². The lowest BCUT2D eigenvalue weighted by Crippen LogP contribution is -2.16. The highest BCUT2D eigenvalue weighted by Crippen LogP contribution is 2.47. The predicted molar refractivity (Wildman–Crippen MR) is 233 cm³/mol. The first kappa shape index (κ1) is 31.2. The highest BCUT2D eigenvalue weighted by molar-refractivity contribution is 6.14. The summed E-state index contributed by atoms with van der Waals surface area (Å²) in [6, 6.07) is 63.7. The maximum atomic E-state index is 6.64. The molecule has 9 aromatic carbocycles. The van der Waals surface area contributed by atoms with Crippen LogP contribution >= 0.6 is 0 Å². The van der Waals surface area contributed by atoms with Crippen molar-refractivity contribution in [3.05, 3.63) is 205 Å². The number of ether oxygens (including phenoxy) is 1. The second kappa shape index (κ2) is 12.2. The Balaban J connectivity index is 0.882. The average Bonchev–Trinajstić information content (AvgIpc) is 3.81. The molecule has 262 valence electrons. The van der Waals surface area contributed by atoms with Crippen LogP contribution in [0.4, 0.5) is 0 Å². The van der Waals surface area contributed by atoms with Crippen LogP contribution in [0.25, 0.3) is 93.2 Å². The van der Waals surface area contributed by atoms with Gasteiger partial charge in [0.2, 0.25) is 0 Å². The molecule has 0 saturated carbocycles. The van der Waals surface area contributed by atoms with Gasteiger partial charge in [-0.05, 0) is 131 Å². The summed E-state index contributed by atoms with van der Waals surface area (Å²) in [6.45, 7) is 0. The van der Waals surface area contributed by atoms with Crippen molar-refractivity contribution in [2.24, 2.45) is 0 Å². The molecule has 2 unspecified atom stereocenters. The van der Waals surface area contributed by atoms with Crippen LogP contribution in [-0.4, -0.2) is 6.10 Å². The molecule has 1 aliphatic heterocycles. The highest BCUT2D eigenvalue weighted by Gasteiger charge is 2.34. The Morgan fingerprint density at radius 3 is 1.93 bits per heavy atom. The third-order valence-corrected chi connectivity index (χ3v) is 12.0. The molecule has 2 atom stereocenters. The molecule has 0 fully saturated rings. The van der Waals surface area contributed by atoms with E-state index in [2.05, 4.69) is 194 Å². The first-order chi connectivity index (χ1) is 27.7. The Morgan fingerprint density at radius 1 is 0.393 bits per heavy atom. The van der Waals surface area contributed by atoms with Gasteiger partial charge in [0.1, 0.15) is 23.0 Å². The molecule has 1 aromatic heterocycles. The van der Waals surface area contributed by atoms with Crippen LogP contribution in [0.2, 0.25) is 0 Å². The lowest BCUT2D eigenvalue weighted by Gasteiger charge is -2.19. The molecule has 0 radical (unpaired) electrons. The smallest absolute Gasteiger partial charge is 0.135 e. The van der Waals surface area contributed by atoms with E-state index in [0.717, 1.165) is 27.7 Å². The van der Waals surface area contributed by atoms with Crippen LogP contribution < -0.4 is 4.74 Å². The summed E-state index contributed by atoms with van der Waals surface area (Å²) in [5.74, 6) is 1.03. The summed E-state index contributed by atoms with van der Waals surface area (Å²) in [4.78, 5) is 0. The van der Waals surface area contributed by atoms with Crippen LogP contribution in [0.3, 0.4) is 0 Å². The fraction of sp³-hybridized carbons (Fsp3) is 0.0370. The molecule has 0 amide bonds. The molecular weight excluding hydrogens is 681 g/mol. The van der Waals surface area contributed by atoms with Gasteiger partial charge in [-0.3, -0.25) is 0 Å². The van der Waals surface area contributed by atoms with Gasteiger partial charge in [-0.25, -0.2) is 0 Å². The Labute approximate surface area is 324 Å². The van der Waals surface area contributed by atoms with Crippen molar-refractivity contribution in [1.29, 1.82) is 0 Å². The molecule has 12 rings (SSSR count). The quantitative estimate of drug-likeness (QED) is 0.169. The van der Waals surface area contributed by atoms with Gasteiger partial charge >= 0.3 is 0 Å². The summed E-state index contributed by atoms with van der Waals surface area (Å²) in [6.07, 6.45) is 6.78. The van der Waals surface area contributed by atoms with Crippen molar-refractivity contribution in [2.45, 2.75) is 12.0 Å². The summed E-state index contributed by atoms with van der Waals surface area (Å²) >= 11 is 0. The van der Waals surface area contributed by atoms with Gasteiger partial charge in [0, 0.05) is 22.3 Å². The van der Waals surface area contributed by atoms with E-state index in [-0.39, 0.29) is 12.0 Å². The summed E-state index contributed by atoms with van der Waals surface area (Å²) in [5.41, 5.74) is 12.6. The highest BCUT2D eigenvalue weighted by atomic mass is 16.5. The van der Waals surface area contributed by atoms with Crippen molar-refractivity contribution < 1.29 is 9.15 Å². The van der Waals surface area contributed by atoms with Crippen molar-refractivity contribution in [2.75, 3.05) is 0 Å². The SMILES string of the molecule is C1=CC2Oc3cc4c(cc3C2C=C1c1cccc(-c2cc3ccccc3c3ccccc23)c1)oc1ccc(-c2ccc3cc(-c5ccccc5)ccc3c2)cc14. The van der Waals surface area contributed by atoms with E-state index in [1.807, 2.05) is 0 Å². The molecule has 0 saturated heterocycles. The van der Waals surface area contributed by atoms with Crippen LogP contribution in [0.5, 0.6) is 5.75 Å². The van der Waals surface area contributed by atoms with Gasteiger partial charge in [-0.15, -0.1) is 0 Å². The maximum absolute atomic E-state index is 6.64. The topological polar surface area (TPSA) is 22.4 Å². The second-order valence-corrected chi connectivity index (χ2v) is 15.2. The summed E-state index contributed by atoms with van der Waals surface area (Å²) < 4.78 is 13.2. The van der Waals surface area contributed by atoms with Gasteiger partial charge in [0.25, 0.3) is 0 Å². The van der Waals surface area contributed by atoms with E-state index in [9.17, 15) is 0 Å². The van der Waals surface area contributed by atoms with E-state index < -0.39 is 0 Å². The number of rotatable bonds is 4. The monoisotopic (exact) mass is 714 g/mol. The van der Waals surface area contributed by atoms with Gasteiger partial charge < -0.3 is 9.15 Å². The summed E-state index contributed by atoms with van der Waals surface area (Å²) in [5, 5.41) is 9.73. The lowest BCUT2D eigenvalue weighted by molar-refractivity contribution is 0.269. The van der Waals surface area contributed by atoms with Crippen molar-refractivity contribution in [3.8, 4) is 39.1 Å². The number of furan rings is 1. The van der Waals surface area contributed by atoms with Crippen molar-refractivity contribution in [1.82, 2.24) is 0 Å². The Bertz CT molecular complexity index is 3290.